The summed E-state index contributed by atoms with van der Waals surface area (Å²) in [6.45, 7) is 0.246. The van der Waals surface area contributed by atoms with E-state index in [0.717, 1.165) is 44.1 Å². The number of Topliss-reactive ketones (excluding diaryl/α,β-unsaturated/α-hetero) is 1. The Labute approximate surface area is 119 Å². The van der Waals surface area contributed by atoms with E-state index in [4.69, 9.17) is 14.9 Å². The molecule has 0 aromatic carbocycles. The summed E-state index contributed by atoms with van der Waals surface area (Å²) in [5.41, 5.74) is 0.846. The molecule has 0 bridgehead atoms. The summed E-state index contributed by atoms with van der Waals surface area (Å²) in [4.78, 5) is 22.0. The van der Waals surface area contributed by atoms with Gasteiger partial charge in [-0.3, -0.25) is 9.59 Å². The molecule has 20 heavy (non-hydrogen) atoms. The van der Waals surface area contributed by atoms with Crippen LogP contribution >= 0.6 is 0 Å². The number of allylic oxidation sites excluding steroid dienone is 1. The number of ketones is 1. The molecule has 0 amide bonds. The molecular formula is C15H24O5. The van der Waals surface area contributed by atoms with E-state index in [2.05, 4.69) is 0 Å². The van der Waals surface area contributed by atoms with Crippen molar-refractivity contribution in [3.8, 4) is 0 Å². The zero-order chi connectivity index (χ0) is 14.8. The van der Waals surface area contributed by atoms with Gasteiger partial charge in [-0.1, -0.05) is 19.3 Å². The van der Waals surface area contributed by atoms with Crippen molar-refractivity contribution in [1.82, 2.24) is 0 Å². The van der Waals surface area contributed by atoms with Crippen LogP contribution in [0.3, 0.4) is 0 Å². The van der Waals surface area contributed by atoms with E-state index in [-0.39, 0.29) is 31.5 Å². The predicted molar refractivity (Wildman–Crippen MR) is 74.5 cm³/mol. The second-order valence-electron chi connectivity index (χ2n) is 5.11. The summed E-state index contributed by atoms with van der Waals surface area (Å²) >= 11 is 0. The summed E-state index contributed by atoms with van der Waals surface area (Å²) in [5.74, 6) is -0.584. The van der Waals surface area contributed by atoms with Crippen LogP contribution in [0.15, 0.2) is 11.6 Å². The first-order valence-electron chi connectivity index (χ1n) is 7.31. The minimum atomic E-state index is -0.736. The van der Waals surface area contributed by atoms with E-state index < -0.39 is 5.97 Å². The summed E-state index contributed by atoms with van der Waals surface area (Å²) in [6.07, 6.45) is 7.78. The molecule has 0 aromatic heterocycles. The van der Waals surface area contributed by atoms with Crippen LogP contribution < -0.4 is 0 Å². The molecule has 0 saturated carbocycles. The lowest BCUT2D eigenvalue weighted by Crippen LogP contribution is -2.11. The Hall–Kier alpha value is -1.20. The predicted octanol–water partition coefficient (Wildman–Crippen LogP) is 2.08. The number of aliphatic carboxylic acids is 1. The normalized spacial score (nSPS) is 18.4. The van der Waals surface area contributed by atoms with E-state index in [1.807, 2.05) is 6.08 Å². The molecule has 5 nitrogen and oxygen atoms in total. The number of unbranched alkanes of at least 4 members (excludes halogenated alkanes) is 4. The van der Waals surface area contributed by atoms with Gasteiger partial charge in [0, 0.05) is 12.8 Å². The number of carboxylic acids is 1. The van der Waals surface area contributed by atoms with Crippen LogP contribution in [0.4, 0.5) is 0 Å². The molecule has 0 spiro atoms. The van der Waals surface area contributed by atoms with E-state index >= 15 is 0 Å². The highest BCUT2D eigenvalue weighted by atomic mass is 16.5. The third-order valence-corrected chi connectivity index (χ3v) is 3.39. The van der Waals surface area contributed by atoms with Crippen LogP contribution in [-0.2, 0) is 14.3 Å². The largest absolute Gasteiger partial charge is 0.481 e. The maximum absolute atomic E-state index is 11.7. The summed E-state index contributed by atoms with van der Waals surface area (Å²) in [7, 11) is 0. The highest BCUT2D eigenvalue weighted by Crippen LogP contribution is 2.22. The topological polar surface area (TPSA) is 83.8 Å². The molecular weight excluding hydrogens is 260 g/mol. The molecule has 114 valence electrons. The lowest BCUT2D eigenvalue weighted by molar-refractivity contribution is -0.137. The third-order valence-electron chi connectivity index (χ3n) is 3.39. The van der Waals surface area contributed by atoms with Gasteiger partial charge in [-0.05, 0) is 30.9 Å². The Kier molecular flexibility index (Phi) is 8.14. The number of hydrogen-bond donors (Lipinski definition) is 2. The molecule has 2 N–H and O–H groups in total. The van der Waals surface area contributed by atoms with Gasteiger partial charge in [0.1, 0.15) is 0 Å². The maximum atomic E-state index is 11.7. The fraction of sp³-hybridized carbons (Fsp3) is 0.733. The maximum Gasteiger partial charge on any atom is 0.303 e. The average molecular weight is 284 g/mol. The Balaban J connectivity index is 2.09. The molecule has 0 radical (unpaired) electrons. The Bertz CT molecular complexity index is 348. The van der Waals surface area contributed by atoms with Gasteiger partial charge in [0.15, 0.2) is 5.78 Å². The van der Waals surface area contributed by atoms with Crippen molar-refractivity contribution in [2.24, 2.45) is 0 Å². The number of hydrogen-bond acceptors (Lipinski definition) is 4. The summed E-state index contributed by atoms with van der Waals surface area (Å²) in [6, 6.07) is 0. The quantitative estimate of drug-likeness (QED) is 0.567. The molecule has 0 aromatic rings. The second-order valence-corrected chi connectivity index (χ2v) is 5.11. The Morgan fingerprint density at radius 2 is 1.95 bits per heavy atom. The average Bonchev–Trinajstić information content (AvgIpc) is 2.75. The van der Waals surface area contributed by atoms with Crippen molar-refractivity contribution < 1.29 is 24.5 Å². The van der Waals surface area contributed by atoms with E-state index in [1.165, 1.54) is 0 Å². The molecule has 0 saturated heterocycles. The fourth-order valence-corrected chi connectivity index (χ4v) is 2.35. The molecule has 1 atom stereocenters. The number of carbonyl (C=O) groups excluding carboxylic acids is 1. The molecule has 0 aliphatic heterocycles. The van der Waals surface area contributed by atoms with Gasteiger partial charge in [0.05, 0.1) is 19.3 Å². The lowest BCUT2D eigenvalue weighted by atomic mass is 10.0. The number of carbonyl (C=O) groups is 2. The molecule has 0 fully saturated rings. The second kappa shape index (κ2) is 9.66. The smallest absolute Gasteiger partial charge is 0.303 e. The molecule has 1 aliphatic carbocycles. The van der Waals surface area contributed by atoms with E-state index in [0.29, 0.717) is 6.42 Å². The zero-order valence-electron chi connectivity index (χ0n) is 11.8. The van der Waals surface area contributed by atoms with Crippen LogP contribution in [0.1, 0.15) is 51.4 Å². The van der Waals surface area contributed by atoms with Gasteiger partial charge in [-0.25, -0.2) is 0 Å². The van der Waals surface area contributed by atoms with Crippen LogP contribution in [0.5, 0.6) is 0 Å². The van der Waals surface area contributed by atoms with Gasteiger partial charge in [-0.2, -0.15) is 0 Å². The zero-order valence-corrected chi connectivity index (χ0v) is 11.8. The molecule has 5 heteroatoms. The number of rotatable bonds is 11. The molecule has 1 unspecified atom stereocenters. The highest BCUT2D eigenvalue weighted by Gasteiger charge is 2.23. The minimum Gasteiger partial charge on any atom is -0.481 e. The standard InChI is InChI=1S/C15H24O5/c16-8-9-20-13-10-12(14(17)11-13)6-4-2-1-3-5-7-15(18)19/h10,13,16H,1-9,11H2,(H,18,19). The fourth-order valence-electron chi connectivity index (χ4n) is 2.35. The van der Waals surface area contributed by atoms with Gasteiger partial charge >= 0.3 is 5.97 Å². The first-order valence-corrected chi connectivity index (χ1v) is 7.31. The van der Waals surface area contributed by atoms with Crippen molar-refractivity contribution in [2.45, 2.75) is 57.5 Å². The minimum absolute atomic E-state index is 0.0236. The van der Waals surface area contributed by atoms with Crippen molar-refractivity contribution in [3.63, 3.8) is 0 Å². The van der Waals surface area contributed by atoms with Gasteiger partial charge in [0.25, 0.3) is 0 Å². The van der Waals surface area contributed by atoms with Gasteiger partial charge in [0.2, 0.25) is 0 Å². The SMILES string of the molecule is O=C(O)CCCCCCCC1=CC(OCCO)CC1=O. The lowest BCUT2D eigenvalue weighted by Gasteiger charge is -2.05. The Morgan fingerprint density at radius 1 is 1.25 bits per heavy atom. The molecule has 1 aliphatic rings. The number of aliphatic hydroxyl groups excluding tert-OH is 1. The van der Waals surface area contributed by atoms with Crippen molar-refractivity contribution in [3.05, 3.63) is 11.6 Å². The first kappa shape index (κ1) is 16.9. The molecule has 0 heterocycles. The van der Waals surface area contributed by atoms with Crippen molar-refractivity contribution in [1.29, 1.82) is 0 Å². The van der Waals surface area contributed by atoms with Crippen LogP contribution in [0.25, 0.3) is 0 Å². The highest BCUT2D eigenvalue weighted by molar-refractivity contribution is 5.98. The number of carboxylic acid groups (broad SMARTS) is 1. The number of aliphatic hydroxyl groups is 1. The van der Waals surface area contributed by atoms with Crippen LogP contribution in [0, 0.1) is 0 Å². The number of ether oxygens (including phenoxy) is 1. The van der Waals surface area contributed by atoms with Crippen molar-refractivity contribution >= 4 is 11.8 Å². The summed E-state index contributed by atoms with van der Waals surface area (Å²) < 4.78 is 5.33. The van der Waals surface area contributed by atoms with Gasteiger partial charge in [-0.15, -0.1) is 0 Å². The first-order chi connectivity index (χ1) is 9.63. The summed E-state index contributed by atoms with van der Waals surface area (Å²) in [5, 5.41) is 17.2. The van der Waals surface area contributed by atoms with Gasteiger partial charge < -0.3 is 14.9 Å². The third kappa shape index (κ3) is 6.82. The monoisotopic (exact) mass is 284 g/mol. The molecule has 1 rings (SSSR count). The van der Waals surface area contributed by atoms with Crippen LogP contribution in [0.2, 0.25) is 0 Å². The van der Waals surface area contributed by atoms with Crippen molar-refractivity contribution in [2.75, 3.05) is 13.2 Å². The van der Waals surface area contributed by atoms with E-state index in [9.17, 15) is 9.59 Å². The van der Waals surface area contributed by atoms with Crippen LogP contribution in [-0.4, -0.2) is 41.3 Å². The van der Waals surface area contributed by atoms with E-state index in [1.54, 1.807) is 0 Å². The Morgan fingerprint density at radius 3 is 2.65 bits per heavy atom.